The van der Waals surface area contributed by atoms with Gasteiger partial charge < -0.3 is 14.0 Å². The van der Waals surface area contributed by atoms with Gasteiger partial charge in [-0.15, -0.1) is 0 Å². The zero-order chi connectivity index (χ0) is 17.1. The normalized spacial score (nSPS) is 26.2. The SMILES string of the molecule is Cn1cnc2c1[C@H](COCC1CCOCC1)CN(CC1CCCC1)C2. The molecule has 5 heteroatoms. The van der Waals surface area contributed by atoms with Crippen LogP contribution in [0.4, 0.5) is 0 Å². The van der Waals surface area contributed by atoms with Gasteiger partial charge in [0.25, 0.3) is 0 Å². The smallest absolute Gasteiger partial charge is 0.0949 e. The van der Waals surface area contributed by atoms with Gasteiger partial charge in [0.05, 0.1) is 18.6 Å². The molecule has 140 valence electrons. The van der Waals surface area contributed by atoms with E-state index in [1.807, 2.05) is 6.33 Å². The Bertz CT molecular complexity index is 547. The molecular weight excluding hydrogens is 314 g/mol. The van der Waals surface area contributed by atoms with Crippen molar-refractivity contribution >= 4 is 0 Å². The van der Waals surface area contributed by atoms with Gasteiger partial charge in [0.15, 0.2) is 0 Å². The molecular formula is C20H33N3O2. The van der Waals surface area contributed by atoms with Crippen molar-refractivity contribution < 1.29 is 9.47 Å². The zero-order valence-corrected chi connectivity index (χ0v) is 15.7. The summed E-state index contributed by atoms with van der Waals surface area (Å²) in [6, 6.07) is 0. The van der Waals surface area contributed by atoms with Crippen LogP contribution in [-0.2, 0) is 23.1 Å². The van der Waals surface area contributed by atoms with Crippen LogP contribution in [0.1, 0.15) is 55.8 Å². The third-order valence-electron chi connectivity index (χ3n) is 6.31. The molecule has 1 saturated heterocycles. The van der Waals surface area contributed by atoms with E-state index in [0.29, 0.717) is 11.8 Å². The number of hydrogen-bond donors (Lipinski definition) is 0. The standard InChI is InChI=1S/C20H33N3O2/c1-22-15-21-19-12-23(10-16-4-2-3-5-16)11-18(20(19)22)14-25-13-17-6-8-24-9-7-17/h15-18H,2-14H2,1H3/t18-/m0/s1. The summed E-state index contributed by atoms with van der Waals surface area (Å²) in [6.07, 6.45) is 9.95. The lowest BCUT2D eigenvalue weighted by Gasteiger charge is -2.34. The van der Waals surface area contributed by atoms with E-state index in [-0.39, 0.29) is 0 Å². The lowest BCUT2D eigenvalue weighted by atomic mass is 9.97. The second-order valence-electron chi connectivity index (χ2n) is 8.32. The average Bonchev–Trinajstić information content (AvgIpc) is 3.26. The second-order valence-corrected chi connectivity index (χ2v) is 8.32. The maximum absolute atomic E-state index is 6.19. The predicted molar refractivity (Wildman–Crippen MR) is 97.5 cm³/mol. The topological polar surface area (TPSA) is 39.5 Å². The molecule has 5 nitrogen and oxygen atoms in total. The molecule has 1 aromatic rings. The van der Waals surface area contributed by atoms with Crippen LogP contribution in [0.5, 0.6) is 0 Å². The van der Waals surface area contributed by atoms with Crippen molar-refractivity contribution in [2.75, 3.05) is 39.5 Å². The number of fused-ring (bicyclic) bond motifs is 1. The molecule has 0 bridgehead atoms. The third-order valence-corrected chi connectivity index (χ3v) is 6.31. The van der Waals surface area contributed by atoms with E-state index in [4.69, 9.17) is 9.47 Å². The van der Waals surface area contributed by atoms with E-state index in [2.05, 4.69) is 21.5 Å². The second kappa shape index (κ2) is 8.19. The first-order chi connectivity index (χ1) is 12.3. The average molecular weight is 348 g/mol. The van der Waals surface area contributed by atoms with Crippen molar-refractivity contribution in [1.82, 2.24) is 14.5 Å². The molecule has 2 aliphatic heterocycles. The van der Waals surface area contributed by atoms with Crippen molar-refractivity contribution in [3.63, 3.8) is 0 Å². The number of rotatable bonds is 6. The van der Waals surface area contributed by atoms with E-state index >= 15 is 0 Å². The molecule has 2 fully saturated rings. The highest BCUT2D eigenvalue weighted by Gasteiger charge is 2.31. The molecule has 0 radical (unpaired) electrons. The van der Waals surface area contributed by atoms with Crippen LogP contribution >= 0.6 is 0 Å². The van der Waals surface area contributed by atoms with E-state index in [1.165, 1.54) is 43.6 Å². The van der Waals surface area contributed by atoms with E-state index in [0.717, 1.165) is 58.3 Å². The fourth-order valence-corrected chi connectivity index (χ4v) is 4.93. The van der Waals surface area contributed by atoms with Gasteiger partial charge in [-0.1, -0.05) is 12.8 Å². The number of aryl methyl sites for hydroxylation is 1. The summed E-state index contributed by atoms with van der Waals surface area (Å²) < 4.78 is 13.9. The van der Waals surface area contributed by atoms with Crippen molar-refractivity contribution in [3.05, 3.63) is 17.7 Å². The largest absolute Gasteiger partial charge is 0.381 e. The maximum Gasteiger partial charge on any atom is 0.0949 e. The van der Waals surface area contributed by atoms with Gasteiger partial charge in [-0.2, -0.15) is 0 Å². The molecule has 1 atom stereocenters. The summed E-state index contributed by atoms with van der Waals surface area (Å²) in [5.74, 6) is 2.03. The van der Waals surface area contributed by atoms with E-state index in [1.54, 1.807) is 0 Å². The molecule has 0 unspecified atom stereocenters. The highest BCUT2D eigenvalue weighted by atomic mass is 16.5. The first kappa shape index (κ1) is 17.5. The highest BCUT2D eigenvalue weighted by molar-refractivity contribution is 5.21. The van der Waals surface area contributed by atoms with Crippen molar-refractivity contribution in [2.24, 2.45) is 18.9 Å². The van der Waals surface area contributed by atoms with Gasteiger partial charge in [-0.05, 0) is 37.5 Å². The Kier molecular flexibility index (Phi) is 5.73. The molecule has 0 aromatic carbocycles. The number of aromatic nitrogens is 2. The number of nitrogens with zero attached hydrogens (tertiary/aromatic N) is 3. The molecule has 4 rings (SSSR count). The Labute approximate surface area is 151 Å². The Morgan fingerprint density at radius 2 is 1.92 bits per heavy atom. The fraction of sp³-hybridized carbons (Fsp3) is 0.850. The Balaban J connectivity index is 1.35. The van der Waals surface area contributed by atoms with Crippen LogP contribution < -0.4 is 0 Å². The Hall–Kier alpha value is -0.910. The van der Waals surface area contributed by atoms with Crippen LogP contribution in [0.2, 0.25) is 0 Å². The van der Waals surface area contributed by atoms with Crippen LogP contribution in [-0.4, -0.2) is 54.0 Å². The number of ether oxygens (including phenoxy) is 2. The van der Waals surface area contributed by atoms with E-state index in [9.17, 15) is 0 Å². The minimum Gasteiger partial charge on any atom is -0.381 e. The quantitative estimate of drug-likeness (QED) is 0.793. The van der Waals surface area contributed by atoms with Gasteiger partial charge in [-0.25, -0.2) is 4.98 Å². The van der Waals surface area contributed by atoms with Crippen LogP contribution in [0.3, 0.4) is 0 Å². The zero-order valence-electron chi connectivity index (χ0n) is 15.7. The molecule has 25 heavy (non-hydrogen) atoms. The molecule has 3 heterocycles. The van der Waals surface area contributed by atoms with Gasteiger partial charge in [0.1, 0.15) is 0 Å². The Morgan fingerprint density at radius 1 is 1.12 bits per heavy atom. The van der Waals surface area contributed by atoms with Crippen molar-refractivity contribution in [1.29, 1.82) is 0 Å². The first-order valence-corrected chi connectivity index (χ1v) is 10.2. The highest BCUT2D eigenvalue weighted by Crippen LogP contribution is 2.31. The lowest BCUT2D eigenvalue weighted by Crippen LogP contribution is -2.39. The lowest BCUT2D eigenvalue weighted by molar-refractivity contribution is 0.0125. The minimum atomic E-state index is 0.456. The molecule has 1 saturated carbocycles. The number of hydrogen-bond acceptors (Lipinski definition) is 4. The third kappa shape index (κ3) is 4.26. The molecule has 1 aromatic heterocycles. The Morgan fingerprint density at radius 3 is 2.72 bits per heavy atom. The first-order valence-electron chi connectivity index (χ1n) is 10.2. The summed E-state index contributed by atoms with van der Waals surface area (Å²) in [7, 11) is 2.13. The molecule has 3 aliphatic rings. The van der Waals surface area contributed by atoms with Crippen molar-refractivity contribution in [2.45, 2.75) is 51.0 Å². The summed E-state index contributed by atoms with van der Waals surface area (Å²) in [4.78, 5) is 7.31. The maximum atomic E-state index is 6.19. The predicted octanol–water partition coefficient (Wildman–Crippen LogP) is 2.95. The molecule has 0 N–H and O–H groups in total. The monoisotopic (exact) mass is 347 g/mol. The van der Waals surface area contributed by atoms with Crippen LogP contribution in [0, 0.1) is 11.8 Å². The van der Waals surface area contributed by atoms with Crippen LogP contribution in [0.15, 0.2) is 6.33 Å². The summed E-state index contributed by atoms with van der Waals surface area (Å²) in [5.41, 5.74) is 2.67. The van der Waals surface area contributed by atoms with Crippen molar-refractivity contribution in [3.8, 4) is 0 Å². The summed E-state index contributed by atoms with van der Waals surface area (Å²) in [6.45, 7) is 6.89. The van der Waals surface area contributed by atoms with Gasteiger partial charge in [0.2, 0.25) is 0 Å². The van der Waals surface area contributed by atoms with Crippen LogP contribution in [0.25, 0.3) is 0 Å². The van der Waals surface area contributed by atoms with Gasteiger partial charge in [-0.3, -0.25) is 4.90 Å². The summed E-state index contributed by atoms with van der Waals surface area (Å²) in [5, 5.41) is 0. The van der Waals surface area contributed by atoms with Gasteiger partial charge in [0, 0.05) is 58.1 Å². The summed E-state index contributed by atoms with van der Waals surface area (Å²) >= 11 is 0. The number of imidazole rings is 1. The minimum absolute atomic E-state index is 0.456. The molecule has 0 amide bonds. The molecule has 0 spiro atoms. The van der Waals surface area contributed by atoms with Gasteiger partial charge >= 0.3 is 0 Å². The van der Waals surface area contributed by atoms with E-state index < -0.39 is 0 Å². The molecule has 1 aliphatic carbocycles. The fourth-order valence-electron chi connectivity index (χ4n) is 4.93.